The van der Waals surface area contributed by atoms with E-state index in [1.54, 1.807) is 25.3 Å². The molecule has 0 bridgehead atoms. The Hall–Kier alpha value is -2.59. The third kappa shape index (κ3) is 3.91. The van der Waals surface area contributed by atoms with Gasteiger partial charge in [0.25, 0.3) is 0 Å². The van der Waals surface area contributed by atoms with E-state index in [0.29, 0.717) is 33.8 Å². The monoisotopic (exact) mass is 382 g/mol. The number of carbonyl (C=O) groups is 1. The zero-order chi connectivity index (χ0) is 19.6. The zero-order valence-electron chi connectivity index (χ0n) is 15.7. The molecule has 0 aliphatic rings. The number of nitrogens with one attached hydrogen (secondary N) is 1. The minimum atomic E-state index is -0.512. The number of amides is 1. The number of nitrogens with zero attached hydrogens (tertiary/aromatic N) is 1. The molecule has 0 aliphatic heterocycles. The van der Waals surface area contributed by atoms with Gasteiger partial charge >= 0.3 is 0 Å². The predicted octanol–water partition coefficient (Wildman–Crippen LogP) is 5.33. The zero-order valence-corrected chi connectivity index (χ0v) is 16.4. The number of hydrogen-bond acceptors (Lipinski definition) is 3. The third-order valence-corrected chi connectivity index (χ3v) is 5.03. The SMILES string of the molecule is CCC(=O)NC(c1ccc(C(C)C)cc1)c1cc(Cl)c2cccnc2c1O. The average molecular weight is 383 g/mol. The van der Waals surface area contributed by atoms with Crippen LogP contribution in [0.4, 0.5) is 0 Å². The van der Waals surface area contributed by atoms with Crippen LogP contribution < -0.4 is 5.32 Å². The molecule has 1 heterocycles. The van der Waals surface area contributed by atoms with Crippen LogP contribution >= 0.6 is 11.6 Å². The topological polar surface area (TPSA) is 62.2 Å². The maximum absolute atomic E-state index is 12.2. The van der Waals surface area contributed by atoms with Crippen LogP contribution in [0.25, 0.3) is 10.9 Å². The number of rotatable bonds is 5. The highest BCUT2D eigenvalue weighted by Gasteiger charge is 2.23. The van der Waals surface area contributed by atoms with E-state index in [0.717, 1.165) is 5.56 Å². The fourth-order valence-electron chi connectivity index (χ4n) is 3.10. The van der Waals surface area contributed by atoms with Crippen molar-refractivity contribution in [3.8, 4) is 5.75 Å². The Kier molecular flexibility index (Phi) is 5.66. The lowest BCUT2D eigenvalue weighted by Gasteiger charge is -2.22. The molecule has 0 saturated heterocycles. The van der Waals surface area contributed by atoms with Gasteiger partial charge in [-0.2, -0.15) is 0 Å². The number of halogens is 1. The minimum Gasteiger partial charge on any atom is -0.505 e. The van der Waals surface area contributed by atoms with E-state index in [-0.39, 0.29) is 11.7 Å². The van der Waals surface area contributed by atoms with E-state index in [2.05, 4.69) is 24.1 Å². The number of benzene rings is 2. The molecule has 2 N–H and O–H groups in total. The van der Waals surface area contributed by atoms with E-state index >= 15 is 0 Å². The number of hydrogen-bond donors (Lipinski definition) is 2. The summed E-state index contributed by atoms with van der Waals surface area (Å²) in [6, 6.07) is 12.8. The van der Waals surface area contributed by atoms with E-state index < -0.39 is 6.04 Å². The Morgan fingerprint density at radius 2 is 1.85 bits per heavy atom. The molecule has 2 aromatic carbocycles. The summed E-state index contributed by atoms with van der Waals surface area (Å²) >= 11 is 6.44. The maximum atomic E-state index is 12.2. The number of phenolic OH excluding ortho intramolecular Hbond substituents is 1. The molecule has 27 heavy (non-hydrogen) atoms. The van der Waals surface area contributed by atoms with Gasteiger partial charge in [0, 0.05) is 23.6 Å². The number of pyridine rings is 1. The fourth-order valence-corrected chi connectivity index (χ4v) is 3.37. The molecule has 1 aromatic heterocycles. The van der Waals surface area contributed by atoms with Gasteiger partial charge in [0.2, 0.25) is 5.91 Å². The lowest BCUT2D eigenvalue weighted by molar-refractivity contribution is -0.121. The molecule has 1 amide bonds. The molecule has 5 heteroatoms. The molecule has 1 unspecified atom stereocenters. The van der Waals surface area contributed by atoms with Crippen molar-refractivity contribution < 1.29 is 9.90 Å². The highest BCUT2D eigenvalue weighted by atomic mass is 35.5. The van der Waals surface area contributed by atoms with Gasteiger partial charge in [-0.05, 0) is 35.2 Å². The van der Waals surface area contributed by atoms with Crippen LogP contribution in [0.2, 0.25) is 5.02 Å². The van der Waals surface area contributed by atoms with E-state index in [9.17, 15) is 9.90 Å². The molecule has 3 rings (SSSR count). The highest BCUT2D eigenvalue weighted by molar-refractivity contribution is 6.35. The largest absolute Gasteiger partial charge is 0.505 e. The van der Waals surface area contributed by atoms with Crippen molar-refractivity contribution >= 4 is 28.4 Å². The van der Waals surface area contributed by atoms with Crippen molar-refractivity contribution in [1.29, 1.82) is 0 Å². The molecule has 1 atom stereocenters. The first kappa shape index (κ1) is 19.2. The van der Waals surface area contributed by atoms with E-state index in [1.165, 1.54) is 5.56 Å². The van der Waals surface area contributed by atoms with Gasteiger partial charge in [0.1, 0.15) is 11.3 Å². The summed E-state index contributed by atoms with van der Waals surface area (Å²) in [5, 5.41) is 15.0. The van der Waals surface area contributed by atoms with Crippen molar-refractivity contribution in [3.05, 3.63) is 70.4 Å². The first-order chi connectivity index (χ1) is 12.9. The summed E-state index contributed by atoms with van der Waals surface area (Å²) in [5.74, 6) is 0.337. The van der Waals surface area contributed by atoms with Gasteiger partial charge < -0.3 is 10.4 Å². The van der Waals surface area contributed by atoms with Gasteiger partial charge in [-0.1, -0.05) is 56.6 Å². The molecular formula is C22H23ClN2O2. The minimum absolute atomic E-state index is 0.0318. The van der Waals surface area contributed by atoms with Crippen molar-refractivity contribution in [2.24, 2.45) is 0 Å². The van der Waals surface area contributed by atoms with Gasteiger partial charge in [-0.3, -0.25) is 9.78 Å². The summed E-state index contributed by atoms with van der Waals surface area (Å²) in [6.07, 6.45) is 1.96. The number of phenols is 1. The Bertz CT molecular complexity index is 968. The second kappa shape index (κ2) is 7.97. The highest BCUT2D eigenvalue weighted by Crippen LogP contribution is 2.38. The van der Waals surface area contributed by atoms with Crippen molar-refractivity contribution in [2.75, 3.05) is 0 Å². The first-order valence-corrected chi connectivity index (χ1v) is 9.45. The molecule has 0 radical (unpaired) electrons. The molecule has 0 saturated carbocycles. The molecule has 3 aromatic rings. The molecule has 0 aliphatic carbocycles. The summed E-state index contributed by atoms with van der Waals surface area (Å²) in [4.78, 5) is 16.4. The van der Waals surface area contributed by atoms with Crippen LogP contribution in [0.15, 0.2) is 48.7 Å². The second-order valence-electron chi connectivity index (χ2n) is 6.87. The van der Waals surface area contributed by atoms with Crippen LogP contribution in [0, 0.1) is 0 Å². The van der Waals surface area contributed by atoms with Crippen molar-refractivity contribution in [3.63, 3.8) is 0 Å². The summed E-state index contributed by atoms with van der Waals surface area (Å²) < 4.78 is 0. The summed E-state index contributed by atoms with van der Waals surface area (Å²) in [5.41, 5.74) is 3.05. The van der Waals surface area contributed by atoms with Crippen LogP contribution in [0.5, 0.6) is 5.75 Å². The number of aromatic nitrogens is 1. The predicted molar refractivity (Wildman–Crippen MR) is 109 cm³/mol. The van der Waals surface area contributed by atoms with Gasteiger partial charge in [0.15, 0.2) is 0 Å². The Labute approximate surface area is 164 Å². The fraction of sp³-hybridized carbons (Fsp3) is 0.273. The van der Waals surface area contributed by atoms with Gasteiger partial charge in [-0.25, -0.2) is 0 Å². The first-order valence-electron chi connectivity index (χ1n) is 9.07. The lowest BCUT2D eigenvalue weighted by Crippen LogP contribution is -2.28. The van der Waals surface area contributed by atoms with E-state index in [1.807, 2.05) is 30.3 Å². The van der Waals surface area contributed by atoms with Crippen molar-refractivity contribution in [2.45, 2.75) is 39.2 Å². The number of aromatic hydroxyl groups is 1. The average Bonchev–Trinajstić information content (AvgIpc) is 2.69. The van der Waals surface area contributed by atoms with Crippen molar-refractivity contribution in [1.82, 2.24) is 10.3 Å². The van der Waals surface area contributed by atoms with Gasteiger partial charge in [0.05, 0.1) is 11.1 Å². The number of carbonyl (C=O) groups excluding carboxylic acids is 1. The van der Waals surface area contributed by atoms with Gasteiger partial charge in [-0.15, -0.1) is 0 Å². The molecular weight excluding hydrogens is 360 g/mol. The molecule has 0 spiro atoms. The standard InChI is InChI=1S/C22H23ClN2O2/c1-4-19(26)25-20(15-9-7-14(8-10-15)13(2)3)17-12-18(23)16-6-5-11-24-21(16)22(17)27/h5-13,20,27H,4H2,1-3H3,(H,25,26). The Morgan fingerprint density at radius 3 is 2.48 bits per heavy atom. The number of fused-ring (bicyclic) bond motifs is 1. The smallest absolute Gasteiger partial charge is 0.220 e. The second-order valence-corrected chi connectivity index (χ2v) is 7.28. The Morgan fingerprint density at radius 1 is 1.19 bits per heavy atom. The maximum Gasteiger partial charge on any atom is 0.220 e. The van der Waals surface area contributed by atoms with Crippen LogP contribution in [0.1, 0.15) is 55.8 Å². The quantitative estimate of drug-likeness (QED) is 0.626. The van der Waals surface area contributed by atoms with E-state index in [4.69, 9.17) is 11.6 Å². The summed E-state index contributed by atoms with van der Waals surface area (Å²) in [6.45, 7) is 6.06. The normalized spacial score (nSPS) is 12.3. The third-order valence-electron chi connectivity index (χ3n) is 4.72. The van der Waals surface area contributed by atoms with Crippen LogP contribution in [0.3, 0.4) is 0 Å². The Balaban J connectivity index is 2.15. The molecule has 140 valence electrons. The lowest BCUT2D eigenvalue weighted by atomic mass is 9.93. The molecule has 0 fully saturated rings. The van der Waals surface area contributed by atoms with Crippen LogP contribution in [-0.2, 0) is 4.79 Å². The summed E-state index contributed by atoms with van der Waals surface area (Å²) in [7, 11) is 0. The van der Waals surface area contributed by atoms with Crippen LogP contribution in [-0.4, -0.2) is 16.0 Å². The molecule has 4 nitrogen and oxygen atoms in total.